The van der Waals surface area contributed by atoms with E-state index in [0.29, 0.717) is 5.92 Å². The summed E-state index contributed by atoms with van der Waals surface area (Å²) in [5.74, 6) is 3.13. The van der Waals surface area contributed by atoms with Crippen LogP contribution in [-0.2, 0) is 17.6 Å². The van der Waals surface area contributed by atoms with Gasteiger partial charge in [-0.25, -0.2) is 15.0 Å². The maximum absolute atomic E-state index is 5.37. The molecule has 7 nitrogen and oxygen atoms in total. The molecule has 118 valence electrons. The molecule has 1 aliphatic heterocycles. The average Bonchev–Trinajstić information content (AvgIpc) is 3.05. The lowest BCUT2D eigenvalue weighted by molar-refractivity contribution is 0.0836. The number of hydrogen-bond acceptors (Lipinski definition) is 6. The van der Waals surface area contributed by atoms with E-state index in [0.717, 1.165) is 68.6 Å². The number of aromatic amines is 1. The summed E-state index contributed by atoms with van der Waals surface area (Å²) in [6, 6.07) is 1.98. The Morgan fingerprint density at radius 2 is 2.18 bits per heavy atom. The van der Waals surface area contributed by atoms with Crippen molar-refractivity contribution in [1.29, 1.82) is 0 Å². The molecule has 0 radical (unpaired) electrons. The second-order valence-corrected chi connectivity index (χ2v) is 5.45. The highest BCUT2D eigenvalue weighted by atomic mass is 16.5. The van der Waals surface area contributed by atoms with Gasteiger partial charge in [-0.3, -0.25) is 5.10 Å². The zero-order valence-corrected chi connectivity index (χ0v) is 12.9. The van der Waals surface area contributed by atoms with Gasteiger partial charge in [-0.05, 0) is 19.3 Å². The highest BCUT2D eigenvalue weighted by Gasteiger charge is 2.19. The number of rotatable bonds is 6. The fraction of sp³-hybridized carbons (Fsp3) is 0.600. The predicted octanol–water partition coefficient (Wildman–Crippen LogP) is 1.71. The van der Waals surface area contributed by atoms with Crippen LogP contribution in [0.5, 0.6) is 0 Å². The van der Waals surface area contributed by atoms with Crippen molar-refractivity contribution < 1.29 is 4.74 Å². The van der Waals surface area contributed by atoms with E-state index in [-0.39, 0.29) is 0 Å². The minimum atomic E-state index is 0.431. The van der Waals surface area contributed by atoms with Gasteiger partial charge in [-0.15, -0.1) is 0 Å². The SMILES string of the molecule is CCc1cc(NCCc2nc(C3CCOCC3)n[nH]2)ncn1. The number of H-pyrrole nitrogens is 1. The number of aryl methyl sites for hydroxylation is 1. The van der Waals surface area contributed by atoms with Crippen LogP contribution in [-0.4, -0.2) is 44.9 Å². The van der Waals surface area contributed by atoms with Gasteiger partial charge in [0, 0.05) is 43.9 Å². The highest BCUT2D eigenvalue weighted by molar-refractivity contribution is 5.34. The molecular formula is C15H22N6O. The highest BCUT2D eigenvalue weighted by Crippen LogP contribution is 2.23. The quantitative estimate of drug-likeness (QED) is 0.844. The van der Waals surface area contributed by atoms with E-state index in [2.05, 4.69) is 37.4 Å². The van der Waals surface area contributed by atoms with Crippen molar-refractivity contribution >= 4 is 5.82 Å². The summed E-state index contributed by atoms with van der Waals surface area (Å²) in [4.78, 5) is 13.0. The lowest BCUT2D eigenvalue weighted by Gasteiger charge is -2.18. The van der Waals surface area contributed by atoms with Crippen LogP contribution in [0.15, 0.2) is 12.4 Å². The summed E-state index contributed by atoms with van der Waals surface area (Å²) in [6.45, 7) is 4.47. The normalized spacial score (nSPS) is 15.9. The van der Waals surface area contributed by atoms with Gasteiger partial charge in [0.25, 0.3) is 0 Å². The van der Waals surface area contributed by atoms with Crippen LogP contribution in [0, 0.1) is 0 Å². The molecule has 1 fully saturated rings. The Kier molecular flexibility index (Phi) is 4.95. The van der Waals surface area contributed by atoms with Crippen LogP contribution in [0.3, 0.4) is 0 Å². The van der Waals surface area contributed by atoms with E-state index < -0.39 is 0 Å². The van der Waals surface area contributed by atoms with E-state index in [1.54, 1.807) is 6.33 Å². The standard InChI is InChI=1S/C15H22N6O/c1-2-12-9-14(18-10-17-12)16-6-3-13-19-15(21-20-13)11-4-7-22-8-5-11/h9-11H,2-8H2,1H3,(H,16,17,18)(H,19,20,21). The van der Waals surface area contributed by atoms with Crippen molar-refractivity contribution in [1.82, 2.24) is 25.1 Å². The van der Waals surface area contributed by atoms with E-state index in [4.69, 9.17) is 4.74 Å². The molecule has 0 aliphatic carbocycles. The van der Waals surface area contributed by atoms with E-state index in [1.165, 1.54) is 0 Å². The van der Waals surface area contributed by atoms with Crippen LogP contribution in [0.2, 0.25) is 0 Å². The second-order valence-electron chi connectivity index (χ2n) is 5.45. The third-order valence-corrected chi connectivity index (χ3v) is 3.89. The Balaban J connectivity index is 1.50. The first-order chi connectivity index (χ1) is 10.8. The molecule has 0 bridgehead atoms. The Morgan fingerprint density at radius 3 is 3.00 bits per heavy atom. The monoisotopic (exact) mass is 302 g/mol. The summed E-state index contributed by atoms with van der Waals surface area (Å²) in [5, 5.41) is 10.7. The van der Waals surface area contributed by atoms with Crippen LogP contribution in [0.25, 0.3) is 0 Å². The summed E-state index contributed by atoms with van der Waals surface area (Å²) in [7, 11) is 0. The summed E-state index contributed by atoms with van der Waals surface area (Å²) < 4.78 is 5.37. The van der Waals surface area contributed by atoms with Crippen molar-refractivity contribution in [3.8, 4) is 0 Å². The average molecular weight is 302 g/mol. The van der Waals surface area contributed by atoms with Gasteiger partial charge in [-0.1, -0.05) is 6.92 Å². The molecule has 0 amide bonds. The first-order valence-electron chi connectivity index (χ1n) is 7.89. The first-order valence-corrected chi connectivity index (χ1v) is 7.89. The lowest BCUT2D eigenvalue weighted by atomic mass is 10.00. The topological polar surface area (TPSA) is 88.6 Å². The maximum Gasteiger partial charge on any atom is 0.153 e. The Bertz CT molecular complexity index is 593. The van der Waals surface area contributed by atoms with Crippen LogP contribution in [0.1, 0.15) is 43.0 Å². The molecule has 3 heterocycles. The van der Waals surface area contributed by atoms with Crippen molar-refractivity contribution in [3.63, 3.8) is 0 Å². The van der Waals surface area contributed by atoms with Gasteiger partial charge in [0.05, 0.1) is 0 Å². The fourth-order valence-corrected chi connectivity index (χ4v) is 2.56. The Labute approximate surface area is 129 Å². The number of anilines is 1. The van der Waals surface area contributed by atoms with Crippen LogP contribution in [0.4, 0.5) is 5.82 Å². The van der Waals surface area contributed by atoms with Gasteiger partial charge >= 0.3 is 0 Å². The van der Waals surface area contributed by atoms with Gasteiger partial charge in [0.2, 0.25) is 0 Å². The number of ether oxygens (including phenoxy) is 1. The molecule has 0 unspecified atom stereocenters. The number of aromatic nitrogens is 5. The van der Waals surface area contributed by atoms with Gasteiger partial charge in [-0.2, -0.15) is 5.10 Å². The van der Waals surface area contributed by atoms with Crippen LogP contribution < -0.4 is 5.32 Å². The molecule has 22 heavy (non-hydrogen) atoms. The number of nitrogens with one attached hydrogen (secondary N) is 2. The molecule has 1 saturated heterocycles. The molecule has 2 aromatic heterocycles. The molecule has 0 atom stereocenters. The number of hydrogen-bond donors (Lipinski definition) is 2. The third-order valence-electron chi connectivity index (χ3n) is 3.89. The third kappa shape index (κ3) is 3.79. The number of nitrogens with zero attached hydrogens (tertiary/aromatic N) is 4. The smallest absolute Gasteiger partial charge is 0.153 e. The second kappa shape index (κ2) is 7.31. The molecular weight excluding hydrogens is 280 g/mol. The van der Waals surface area contributed by atoms with Crippen molar-refractivity contribution in [2.45, 2.75) is 38.5 Å². The summed E-state index contributed by atoms with van der Waals surface area (Å²) in [6.07, 6.45) is 5.32. The zero-order chi connectivity index (χ0) is 15.2. The maximum atomic E-state index is 5.37. The van der Waals surface area contributed by atoms with Gasteiger partial charge < -0.3 is 10.1 Å². The molecule has 7 heteroatoms. The van der Waals surface area contributed by atoms with Crippen molar-refractivity contribution in [2.75, 3.05) is 25.1 Å². The molecule has 2 N–H and O–H groups in total. The molecule has 0 saturated carbocycles. The van der Waals surface area contributed by atoms with Crippen molar-refractivity contribution in [2.24, 2.45) is 0 Å². The molecule has 3 rings (SSSR count). The molecule has 0 aromatic carbocycles. The van der Waals surface area contributed by atoms with Gasteiger partial charge in [0.15, 0.2) is 5.82 Å². The minimum Gasteiger partial charge on any atom is -0.381 e. The van der Waals surface area contributed by atoms with E-state index in [1.807, 2.05) is 6.07 Å². The van der Waals surface area contributed by atoms with Crippen LogP contribution >= 0.6 is 0 Å². The Hall–Kier alpha value is -2.02. The summed E-state index contributed by atoms with van der Waals surface area (Å²) >= 11 is 0. The molecule has 2 aromatic rings. The lowest BCUT2D eigenvalue weighted by Crippen LogP contribution is -2.15. The summed E-state index contributed by atoms with van der Waals surface area (Å²) in [5.41, 5.74) is 1.04. The van der Waals surface area contributed by atoms with Gasteiger partial charge in [0.1, 0.15) is 18.0 Å². The minimum absolute atomic E-state index is 0.431. The van der Waals surface area contributed by atoms with E-state index >= 15 is 0 Å². The van der Waals surface area contributed by atoms with E-state index in [9.17, 15) is 0 Å². The zero-order valence-electron chi connectivity index (χ0n) is 12.9. The molecule has 0 spiro atoms. The predicted molar refractivity (Wildman–Crippen MR) is 82.8 cm³/mol. The fourth-order valence-electron chi connectivity index (χ4n) is 2.56. The largest absolute Gasteiger partial charge is 0.381 e. The van der Waals surface area contributed by atoms with Crippen molar-refractivity contribution in [3.05, 3.63) is 29.7 Å². The first kappa shape index (κ1) is 14.9. The Morgan fingerprint density at radius 1 is 1.32 bits per heavy atom. The molecule has 1 aliphatic rings.